The molecule has 1 aromatic rings. The van der Waals surface area contributed by atoms with E-state index in [2.05, 4.69) is 28.2 Å². The van der Waals surface area contributed by atoms with Gasteiger partial charge in [-0.1, -0.05) is 6.92 Å². The number of thiocarbonyl (C=S) groups is 1. The summed E-state index contributed by atoms with van der Waals surface area (Å²) in [5.41, 5.74) is 2.52. The SMILES string of the molecule is CCCN1C(=S)NC(c2cc(Br)c(OCC)c(OCC)c2)C(C(C)=O)=C1C. The first kappa shape index (κ1) is 21.7. The van der Waals surface area contributed by atoms with Crippen LogP contribution in [0.25, 0.3) is 0 Å². The summed E-state index contributed by atoms with van der Waals surface area (Å²) in [6.45, 7) is 11.3. The van der Waals surface area contributed by atoms with Crippen LogP contribution in [0.3, 0.4) is 0 Å². The molecule has 0 fully saturated rings. The Morgan fingerprint density at radius 1 is 1.26 bits per heavy atom. The van der Waals surface area contributed by atoms with Crippen LogP contribution in [-0.2, 0) is 4.79 Å². The highest BCUT2D eigenvalue weighted by atomic mass is 79.9. The van der Waals surface area contributed by atoms with Crippen molar-refractivity contribution in [3.8, 4) is 11.5 Å². The lowest BCUT2D eigenvalue weighted by molar-refractivity contribution is -0.114. The average molecular weight is 455 g/mol. The van der Waals surface area contributed by atoms with Gasteiger partial charge in [-0.05, 0) is 80.0 Å². The van der Waals surface area contributed by atoms with Crippen LogP contribution in [0.15, 0.2) is 27.9 Å². The van der Waals surface area contributed by atoms with Crippen molar-refractivity contribution in [3.05, 3.63) is 33.4 Å². The maximum absolute atomic E-state index is 12.5. The second-order valence-corrected chi connectivity index (χ2v) is 7.53. The molecule has 0 aliphatic carbocycles. The van der Waals surface area contributed by atoms with Crippen molar-refractivity contribution in [3.63, 3.8) is 0 Å². The van der Waals surface area contributed by atoms with Gasteiger partial charge in [-0.25, -0.2) is 0 Å². The molecule has 0 amide bonds. The number of rotatable bonds is 8. The maximum Gasteiger partial charge on any atom is 0.175 e. The summed E-state index contributed by atoms with van der Waals surface area (Å²) < 4.78 is 12.3. The molecule has 7 heteroatoms. The van der Waals surface area contributed by atoms with Gasteiger partial charge in [0, 0.05) is 17.8 Å². The molecule has 0 radical (unpaired) electrons. The van der Waals surface area contributed by atoms with Gasteiger partial charge in [0.05, 0.1) is 23.7 Å². The van der Waals surface area contributed by atoms with E-state index < -0.39 is 0 Å². The largest absolute Gasteiger partial charge is 0.490 e. The van der Waals surface area contributed by atoms with Gasteiger partial charge in [0.2, 0.25) is 0 Å². The summed E-state index contributed by atoms with van der Waals surface area (Å²) >= 11 is 9.15. The highest BCUT2D eigenvalue weighted by Crippen LogP contribution is 2.41. The van der Waals surface area contributed by atoms with Crippen LogP contribution in [0.2, 0.25) is 0 Å². The zero-order valence-electron chi connectivity index (χ0n) is 16.5. The minimum Gasteiger partial charge on any atom is -0.490 e. The molecule has 1 N–H and O–H groups in total. The number of ketones is 1. The number of carbonyl (C=O) groups is 1. The van der Waals surface area contributed by atoms with Crippen LogP contribution >= 0.6 is 28.1 Å². The van der Waals surface area contributed by atoms with Crippen LogP contribution in [-0.4, -0.2) is 35.6 Å². The van der Waals surface area contributed by atoms with E-state index in [1.807, 2.05) is 37.8 Å². The summed E-state index contributed by atoms with van der Waals surface area (Å²) in [6.07, 6.45) is 0.943. The molecule has 1 unspecified atom stereocenters. The molecule has 2 rings (SSSR count). The summed E-state index contributed by atoms with van der Waals surface area (Å²) in [5, 5.41) is 3.97. The summed E-state index contributed by atoms with van der Waals surface area (Å²) in [5.74, 6) is 1.34. The van der Waals surface area contributed by atoms with Crippen molar-refractivity contribution in [2.45, 2.75) is 47.1 Å². The average Bonchev–Trinajstić information content (AvgIpc) is 2.60. The van der Waals surface area contributed by atoms with Gasteiger partial charge in [-0.3, -0.25) is 4.79 Å². The van der Waals surface area contributed by atoms with Crippen molar-refractivity contribution >= 4 is 39.0 Å². The zero-order chi connectivity index (χ0) is 20.1. The molecule has 148 valence electrons. The Kier molecular flexibility index (Phi) is 7.68. The fraction of sp³-hybridized carbons (Fsp3) is 0.500. The lowest BCUT2D eigenvalue weighted by Gasteiger charge is -2.38. The van der Waals surface area contributed by atoms with E-state index in [4.69, 9.17) is 21.7 Å². The third-order valence-corrected chi connectivity index (χ3v) is 5.30. The van der Waals surface area contributed by atoms with Gasteiger partial charge in [0.25, 0.3) is 0 Å². The molecule has 0 bridgehead atoms. The quantitative estimate of drug-likeness (QED) is 0.571. The predicted molar refractivity (Wildman–Crippen MR) is 115 cm³/mol. The molecule has 1 aliphatic heterocycles. The molecule has 0 saturated carbocycles. The van der Waals surface area contributed by atoms with Crippen LogP contribution in [0, 0.1) is 0 Å². The topological polar surface area (TPSA) is 50.8 Å². The molecule has 1 heterocycles. The van der Waals surface area contributed by atoms with Crippen molar-refractivity contribution in [1.82, 2.24) is 10.2 Å². The van der Waals surface area contributed by atoms with Crippen molar-refractivity contribution in [2.75, 3.05) is 19.8 Å². The summed E-state index contributed by atoms with van der Waals surface area (Å²) in [7, 11) is 0. The van der Waals surface area contributed by atoms with E-state index in [1.165, 1.54) is 0 Å². The normalized spacial score (nSPS) is 17.0. The number of allylic oxidation sites excluding steroid dienone is 1. The molecule has 0 aromatic heterocycles. The number of Topliss-reactive ketones (excluding diaryl/α,β-unsaturated/α-hetero) is 1. The number of hydrogen-bond donors (Lipinski definition) is 1. The Morgan fingerprint density at radius 2 is 1.93 bits per heavy atom. The molecule has 1 atom stereocenters. The lowest BCUT2D eigenvalue weighted by atomic mass is 9.92. The van der Waals surface area contributed by atoms with E-state index in [-0.39, 0.29) is 11.8 Å². The Balaban J connectivity index is 2.58. The van der Waals surface area contributed by atoms with Gasteiger partial charge in [0.1, 0.15) is 0 Å². The monoisotopic (exact) mass is 454 g/mol. The first-order valence-corrected chi connectivity index (χ1v) is 10.4. The van der Waals surface area contributed by atoms with Crippen molar-refractivity contribution in [2.24, 2.45) is 0 Å². The Labute approximate surface area is 175 Å². The van der Waals surface area contributed by atoms with E-state index in [0.717, 1.165) is 34.3 Å². The third-order valence-electron chi connectivity index (χ3n) is 4.38. The Hall–Kier alpha value is -1.60. The van der Waals surface area contributed by atoms with Gasteiger partial charge >= 0.3 is 0 Å². The first-order valence-electron chi connectivity index (χ1n) is 9.24. The molecule has 5 nitrogen and oxygen atoms in total. The van der Waals surface area contributed by atoms with E-state index in [0.29, 0.717) is 29.8 Å². The van der Waals surface area contributed by atoms with Gasteiger partial charge in [-0.15, -0.1) is 0 Å². The van der Waals surface area contributed by atoms with Crippen molar-refractivity contribution < 1.29 is 14.3 Å². The Morgan fingerprint density at radius 3 is 2.48 bits per heavy atom. The van der Waals surface area contributed by atoms with Gasteiger partial charge in [-0.2, -0.15) is 0 Å². The highest BCUT2D eigenvalue weighted by Gasteiger charge is 2.32. The number of nitrogens with one attached hydrogen (secondary N) is 1. The van der Waals surface area contributed by atoms with Crippen LogP contribution < -0.4 is 14.8 Å². The third kappa shape index (κ3) is 4.63. The van der Waals surface area contributed by atoms with Crippen LogP contribution in [0.4, 0.5) is 0 Å². The standard InChI is InChI=1S/C20H27BrN2O3S/c1-6-9-23-12(4)17(13(5)24)18(22-20(23)27)14-10-15(21)19(26-8-3)16(11-14)25-7-2/h10-11,18H,6-9H2,1-5H3,(H,22,27). The van der Waals surface area contributed by atoms with Gasteiger partial charge in [0.15, 0.2) is 22.4 Å². The summed E-state index contributed by atoms with van der Waals surface area (Å²) in [6, 6.07) is 3.55. The van der Waals surface area contributed by atoms with Gasteiger partial charge < -0.3 is 19.7 Å². The molecular formula is C20H27BrN2O3S. The number of hydrogen-bond acceptors (Lipinski definition) is 4. The molecule has 1 aromatic carbocycles. The number of nitrogens with zero attached hydrogens (tertiary/aromatic N) is 1. The molecule has 0 spiro atoms. The highest BCUT2D eigenvalue weighted by molar-refractivity contribution is 9.10. The molecular weight excluding hydrogens is 428 g/mol. The minimum absolute atomic E-state index is 0.0246. The second kappa shape index (κ2) is 9.55. The zero-order valence-corrected chi connectivity index (χ0v) is 18.9. The van der Waals surface area contributed by atoms with Crippen LogP contribution in [0.5, 0.6) is 11.5 Å². The number of benzene rings is 1. The fourth-order valence-electron chi connectivity index (χ4n) is 3.28. The number of carbonyl (C=O) groups excluding carboxylic acids is 1. The molecule has 1 aliphatic rings. The van der Waals surface area contributed by atoms with Crippen LogP contribution in [0.1, 0.15) is 52.6 Å². The smallest absolute Gasteiger partial charge is 0.175 e. The number of halogens is 1. The second-order valence-electron chi connectivity index (χ2n) is 6.29. The van der Waals surface area contributed by atoms with E-state index >= 15 is 0 Å². The fourth-order valence-corrected chi connectivity index (χ4v) is 4.20. The predicted octanol–water partition coefficient (Wildman–Crippen LogP) is 4.75. The molecule has 27 heavy (non-hydrogen) atoms. The maximum atomic E-state index is 12.5. The molecule has 0 saturated heterocycles. The Bertz CT molecular complexity index is 764. The summed E-state index contributed by atoms with van der Waals surface area (Å²) in [4.78, 5) is 14.5. The van der Waals surface area contributed by atoms with E-state index in [1.54, 1.807) is 6.92 Å². The van der Waals surface area contributed by atoms with E-state index in [9.17, 15) is 4.79 Å². The minimum atomic E-state index is -0.325. The van der Waals surface area contributed by atoms with Crippen molar-refractivity contribution in [1.29, 1.82) is 0 Å². The first-order chi connectivity index (χ1) is 12.8. The lowest BCUT2D eigenvalue weighted by Crippen LogP contribution is -2.47. The number of ether oxygens (including phenoxy) is 2.